The van der Waals surface area contributed by atoms with Gasteiger partial charge in [0.15, 0.2) is 0 Å². The molecule has 4 heteroatoms. The van der Waals surface area contributed by atoms with E-state index in [9.17, 15) is 0 Å². The molecule has 2 nitrogen and oxygen atoms in total. The first-order valence-corrected chi connectivity index (χ1v) is 6.67. The molecule has 0 aromatic heterocycles. The van der Waals surface area contributed by atoms with Crippen molar-refractivity contribution in [2.24, 2.45) is 0 Å². The third kappa shape index (κ3) is 2.83. The van der Waals surface area contributed by atoms with Gasteiger partial charge < -0.3 is 10.2 Å². The lowest BCUT2D eigenvalue weighted by atomic mass is 9.95. The van der Waals surface area contributed by atoms with E-state index in [2.05, 4.69) is 0 Å². The Morgan fingerprint density at radius 2 is 1.83 bits per heavy atom. The summed E-state index contributed by atoms with van der Waals surface area (Å²) in [6.07, 6.45) is 4.01. The van der Waals surface area contributed by atoms with Gasteiger partial charge in [-0.15, -0.1) is 0 Å². The Labute approximate surface area is 81.5 Å². The highest BCUT2D eigenvalue weighted by atomic mass is 33.1. The number of hydrogen-bond acceptors (Lipinski definition) is 4. The van der Waals surface area contributed by atoms with Crippen molar-refractivity contribution < 1.29 is 10.2 Å². The van der Waals surface area contributed by atoms with E-state index in [1.54, 1.807) is 0 Å². The molecule has 1 rings (SSSR count). The summed E-state index contributed by atoms with van der Waals surface area (Å²) >= 11 is 0. The van der Waals surface area contributed by atoms with Crippen molar-refractivity contribution in [3.63, 3.8) is 0 Å². The highest BCUT2D eigenvalue weighted by Crippen LogP contribution is 2.48. The van der Waals surface area contributed by atoms with Gasteiger partial charge >= 0.3 is 0 Å². The maximum absolute atomic E-state index is 8.91. The second-order valence-electron chi connectivity index (χ2n) is 3.14. The van der Waals surface area contributed by atoms with Crippen molar-refractivity contribution >= 4 is 21.6 Å². The Hall–Kier alpha value is 0.620. The predicted octanol–water partition coefficient (Wildman–Crippen LogP) is 1.67. The molecule has 0 amide bonds. The van der Waals surface area contributed by atoms with Crippen LogP contribution in [0.15, 0.2) is 0 Å². The van der Waals surface area contributed by atoms with Crippen LogP contribution in [0.25, 0.3) is 0 Å². The molecule has 1 saturated heterocycles. The smallest absolute Gasteiger partial charge is 0.0444 e. The van der Waals surface area contributed by atoms with Gasteiger partial charge in [-0.3, -0.25) is 0 Å². The van der Waals surface area contributed by atoms with E-state index >= 15 is 0 Å². The van der Waals surface area contributed by atoms with E-state index in [0.717, 1.165) is 19.3 Å². The molecule has 0 spiro atoms. The zero-order chi connectivity index (χ0) is 8.86. The van der Waals surface area contributed by atoms with E-state index in [1.807, 2.05) is 21.6 Å². The first-order valence-electron chi connectivity index (χ1n) is 4.35. The van der Waals surface area contributed by atoms with Crippen LogP contribution in [0.4, 0.5) is 0 Å². The van der Waals surface area contributed by atoms with Crippen molar-refractivity contribution in [3.8, 4) is 0 Å². The lowest BCUT2D eigenvalue weighted by Gasteiger charge is -2.34. The Balaban J connectivity index is 2.44. The van der Waals surface area contributed by atoms with Crippen molar-refractivity contribution in [1.29, 1.82) is 0 Å². The fourth-order valence-corrected chi connectivity index (χ4v) is 4.80. The molecular weight excluding hydrogens is 192 g/mol. The molecule has 0 bridgehead atoms. The molecular formula is C8H16O2S2. The van der Waals surface area contributed by atoms with Crippen molar-refractivity contribution in [3.05, 3.63) is 0 Å². The molecule has 72 valence electrons. The van der Waals surface area contributed by atoms with E-state index < -0.39 is 0 Å². The van der Waals surface area contributed by atoms with Crippen LogP contribution in [0.1, 0.15) is 25.7 Å². The van der Waals surface area contributed by atoms with Crippen LogP contribution in [0.3, 0.4) is 0 Å². The molecule has 0 radical (unpaired) electrons. The van der Waals surface area contributed by atoms with Gasteiger partial charge in [0, 0.05) is 23.7 Å². The average molecular weight is 208 g/mol. The Morgan fingerprint density at radius 3 is 2.25 bits per heavy atom. The van der Waals surface area contributed by atoms with E-state index in [1.165, 1.54) is 12.2 Å². The third-order valence-corrected chi connectivity index (χ3v) is 5.68. The first-order chi connectivity index (χ1) is 5.83. The maximum Gasteiger partial charge on any atom is 0.0444 e. The summed E-state index contributed by atoms with van der Waals surface area (Å²) in [4.78, 5) is 0. The van der Waals surface area contributed by atoms with Crippen LogP contribution in [-0.2, 0) is 0 Å². The minimum Gasteiger partial charge on any atom is -0.396 e. The van der Waals surface area contributed by atoms with Crippen molar-refractivity contribution in [2.75, 3.05) is 19.0 Å². The van der Waals surface area contributed by atoms with Gasteiger partial charge in [0.2, 0.25) is 0 Å². The second kappa shape index (κ2) is 5.37. The lowest BCUT2D eigenvalue weighted by Crippen LogP contribution is -2.29. The van der Waals surface area contributed by atoms with E-state index in [0.29, 0.717) is 0 Å². The molecule has 1 aliphatic heterocycles. The highest BCUT2D eigenvalue weighted by molar-refractivity contribution is 8.77. The summed E-state index contributed by atoms with van der Waals surface area (Å²) in [7, 11) is 3.73. The van der Waals surface area contributed by atoms with Crippen molar-refractivity contribution in [1.82, 2.24) is 0 Å². The molecule has 0 aromatic carbocycles. The standard InChI is InChI=1S/C8H16O2S2/c9-5-3-8(4-6-10)2-1-7-11-12-8/h9-10H,1-7H2. The van der Waals surface area contributed by atoms with Gasteiger partial charge in [-0.25, -0.2) is 0 Å². The molecule has 0 aromatic rings. The summed E-state index contributed by atoms with van der Waals surface area (Å²) in [6.45, 7) is 0.487. The fourth-order valence-electron chi connectivity index (χ4n) is 1.53. The minimum absolute atomic E-state index is 0.159. The fraction of sp³-hybridized carbons (Fsp3) is 1.00. The number of rotatable bonds is 4. The molecule has 0 atom stereocenters. The number of aliphatic hydroxyl groups excluding tert-OH is 2. The van der Waals surface area contributed by atoms with Gasteiger partial charge in [-0.1, -0.05) is 21.6 Å². The van der Waals surface area contributed by atoms with Gasteiger partial charge in [-0.2, -0.15) is 0 Å². The van der Waals surface area contributed by atoms with Crippen molar-refractivity contribution in [2.45, 2.75) is 30.4 Å². The van der Waals surface area contributed by atoms with Crippen LogP contribution in [0, 0.1) is 0 Å². The normalized spacial score (nSPS) is 22.5. The minimum atomic E-state index is 0.159. The highest BCUT2D eigenvalue weighted by Gasteiger charge is 2.32. The van der Waals surface area contributed by atoms with Crippen LogP contribution in [-0.4, -0.2) is 33.9 Å². The summed E-state index contributed by atoms with van der Waals surface area (Å²) in [5.41, 5.74) is 0. The molecule has 2 N–H and O–H groups in total. The summed E-state index contributed by atoms with van der Waals surface area (Å²) in [6, 6.07) is 0. The second-order valence-corrected chi connectivity index (χ2v) is 6.02. The molecule has 12 heavy (non-hydrogen) atoms. The van der Waals surface area contributed by atoms with Crippen LogP contribution in [0.5, 0.6) is 0 Å². The first kappa shape index (κ1) is 10.7. The molecule has 1 fully saturated rings. The van der Waals surface area contributed by atoms with Gasteiger partial charge in [-0.05, 0) is 25.7 Å². The number of hydrogen-bond donors (Lipinski definition) is 2. The Bertz CT molecular complexity index is 109. The molecule has 0 saturated carbocycles. The largest absolute Gasteiger partial charge is 0.396 e. The molecule has 1 heterocycles. The monoisotopic (exact) mass is 208 g/mol. The predicted molar refractivity (Wildman–Crippen MR) is 55.4 cm³/mol. The van der Waals surface area contributed by atoms with E-state index in [4.69, 9.17) is 10.2 Å². The zero-order valence-electron chi connectivity index (χ0n) is 7.16. The lowest BCUT2D eigenvalue weighted by molar-refractivity contribution is 0.225. The quantitative estimate of drug-likeness (QED) is 0.689. The summed E-state index contributed by atoms with van der Waals surface area (Å²) in [5.74, 6) is 1.21. The molecule has 0 unspecified atom stereocenters. The van der Waals surface area contributed by atoms with Crippen LogP contribution in [0.2, 0.25) is 0 Å². The van der Waals surface area contributed by atoms with Crippen LogP contribution < -0.4 is 0 Å². The summed E-state index contributed by atoms with van der Waals surface area (Å²) in [5, 5.41) is 17.8. The van der Waals surface area contributed by atoms with Crippen LogP contribution >= 0.6 is 21.6 Å². The zero-order valence-corrected chi connectivity index (χ0v) is 8.79. The van der Waals surface area contributed by atoms with Gasteiger partial charge in [0.05, 0.1) is 0 Å². The molecule has 1 aliphatic rings. The topological polar surface area (TPSA) is 40.5 Å². The van der Waals surface area contributed by atoms with Gasteiger partial charge in [0.25, 0.3) is 0 Å². The SMILES string of the molecule is OCCC1(CCO)CCCSS1. The maximum atomic E-state index is 8.91. The van der Waals surface area contributed by atoms with E-state index in [-0.39, 0.29) is 18.0 Å². The molecule has 0 aliphatic carbocycles. The number of aliphatic hydroxyl groups is 2. The Morgan fingerprint density at radius 1 is 1.17 bits per heavy atom. The average Bonchev–Trinajstić information content (AvgIpc) is 2.07. The third-order valence-electron chi connectivity index (χ3n) is 2.23. The van der Waals surface area contributed by atoms with Gasteiger partial charge in [0.1, 0.15) is 0 Å². The Kier molecular flexibility index (Phi) is 4.79. The summed E-state index contributed by atoms with van der Waals surface area (Å²) < 4.78 is 0.159.